The van der Waals surface area contributed by atoms with Crippen molar-refractivity contribution in [1.82, 2.24) is 15.0 Å². The van der Waals surface area contributed by atoms with E-state index in [-0.39, 0.29) is 12.3 Å². The number of hydrogen-bond donors (Lipinski definition) is 1. The maximum absolute atomic E-state index is 11.6. The predicted molar refractivity (Wildman–Crippen MR) is 103 cm³/mol. The topological polar surface area (TPSA) is 68.0 Å². The van der Waals surface area contributed by atoms with E-state index < -0.39 is 5.97 Å². The monoisotopic (exact) mass is 351 g/mol. The Hall–Kier alpha value is -2.69. The highest BCUT2D eigenvalue weighted by Crippen LogP contribution is 2.34. The minimum Gasteiger partial charge on any atom is -0.481 e. The maximum Gasteiger partial charge on any atom is 0.304 e. The Morgan fingerprint density at radius 1 is 1.19 bits per heavy atom. The maximum atomic E-state index is 11.6. The lowest BCUT2D eigenvalue weighted by Crippen LogP contribution is -2.10. The van der Waals surface area contributed by atoms with Crippen LogP contribution in [-0.2, 0) is 17.8 Å². The van der Waals surface area contributed by atoms with E-state index in [0.29, 0.717) is 0 Å². The summed E-state index contributed by atoms with van der Waals surface area (Å²) in [7, 11) is 0. The molecule has 3 aromatic rings. The number of carboxylic acid groups (broad SMARTS) is 1. The van der Waals surface area contributed by atoms with E-state index in [1.165, 1.54) is 11.1 Å². The van der Waals surface area contributed by atoms with E-state index in [4.69, 9.17) is 0 Å². The normalized spacial score (nSPS) is 12.5. The molecule has 0 spiro atoms. The van der Waals surface area contributed by atoms with Crippen molar-refractivity contribution in [3.8, 4) is 0 Å². The van der Waals surface area contributed by atoms with Gasteiger partial charge in [-0.1, -0.05) is 36.4 Å². The van der Waals surface area contributed by atoms with E-state index >= 15 is 0 Å². The van der Waals surface area contributed by atoms with E-state index in [1.54, 1.807) is 0 Å². The predicted octanol–water partition coefficient (Wildman–Crippen LogP) is 4.24. The smallest absolute Gasteiger partial charge is 0.304 e. The first kappa shape index (κ1) is 18.1. The zero-order valence-corrected chi connectivity index (χ0v) is 15.8. The van der Waals surface area contributed by atoms with Crippen LogP contribution in [0.2, 0.25) is 0 Å². The van der Waals surface area contributed by atoms with Gasteiger partial charge < -0.3 is 5.11 Å². The van der Waals surface area contributed by atoms with Gasteiger partial charge in [-0.05, 0) is 61.1 Å². The first-order valence-electron chi connectivity index (χ1n) is 9.10. The van der Waals surface area contributed by atoms with Gasteiger partial charge in [0.2, 0.25) is 0 Å². The molecular formula is C21H25N3O2. The average molecular weight is 351 g/mol. The molecule has 0 saturated heterocycles. The lowest BCUT2D eigenvalue weighted by Gasteiger charge is -2.20. The van der Waals surface area contributed by atoms with Crippen LogP contribution < -0.4 is 0 Å². The third-order valence-corrected chi connectivity index (χ3v) is 5.19. The van der Waals surface area contributed by atoms with Crippen molar-refractivity contribution in [2.24, 2.45) is 0 Å². The fraction of sp³-hybridized carbons (Fsp3) is 0.381. The second-order valence-electron chi connectivity index (χ2n) is 6.74. The summed E-state index contributed by atoms with van der Waals surface area (Å²) in [4.78, 5) is 11.6. The first-order valence-corrected chi connectivity index (χ1v) is 9.10. The second-order valence-corrected chi connectivity index (χ2v) is 6.74. The number of aliphatic carboxylic acids is 1. The summed E-state index contributed by atoms with van der Waals surface area (Å²) in [5, 5.41) is 18.0. The molecule has 0 saturated carbocycles. The van der Waals surface area contributed by atoms with Crippen LogP contribution in [0.3, 0.4) is 0 Å². The number of rotatable bonds is 6. The highest BCUT2D eigenvalue weighted by Gasteiger charge is 2.22. The molecule has 0 aliphatic heterocycles. The molecule has 1 atom stereocenters. The summed E-state index contributed by atoms with van der Waals surface area (Å²) in [5.74, 6) is -1.00. The molecule has 5 heteroatoms. The van der Waals surface area contributed by atoms with Gasteiger partial charge in [-0.25, -0.2) is 4.68 Å². The lowest BCUT2D eigenvalue weighted by molar-refractivity contribution is -0.137. The van der Waals surface area contributed by atoms with Crippen LogP contribution in [0.15, 0.2) is 30.3 Å². The first-order chi connectivity index (χ1) is 12.5. The Morgan fingerprint density at radius 3 is 2.62 bits per heavy atom. The Morgan fingerprint density at radius 2 is 1.96 bits per heavy atom. The molecule has 2 aromatic carbocycles. The molecular weight excluding hydrogens is 326 g/mol. The van der Waals surface area contributed by atoms with Crippen LogP contribution in [0.4, 0.5) is 0 Å². The SMILES string of the molecule is CCc1cc([C@H](CC(=O)O)c2ccc3c(nnn3CC)c2C)ccc1C. The standard InChI is InChI=1S/C21H25N3O2/c1-5-15-11-16(8-7-13(15)3)18(12-20(25)26)17-9-10-19-21(14(17)4)22-23-24(19)6-2/h7-11,18H,5-6,12H2,1-4H3,(H,25,26)/t18-/m0/s1. The molecule has 1 N–H and O–H groups in total. The largest absolute Gasteiger partial charge is 0.481 e. The fourth-order valence-corrected chi connectivity index (χ4v) is 3.66. The zero-order chi connectivity index (χ0) is 18.8. The van der Waals surface area contributed by atoms with Crippen LogP contribution >= 0.6 is 0 Å². The van der Waals surface area contributed by atoms with Crippen molar-refractivity contribution >= 4 is 17.0 Å². The summed E-state index contributed by atoms with van der Waals surface area (Å²) in [6, 6.07) is 10.3. The molecule has 136 valence electrons. The second kappa shape index (κ2) is 7.28. The molecule has 0 aliphatic carbocycles. The van der Waals surface area contributed by atoms with Gasteiger partial charge in [-0.2, -0.15) is 0 Å². The van der Waals surface area contributed by atoms with Crippen LogP contribution in [0.5, 0.6) is 0 Å². The van der Waals surface area contributed by atoms with Crippen molar-refractivity contribution in [2.75, 3.05) is 0 Å². The van der Waals surface area contributed by atoms with Crippen LogP contribution in [0.1, 0.15) is 54.0 Å². The summed E-state index contributed by atoms with van der Waals surface area (Å²) < 4.78 is 1.86. The van der Waals surface area contributed by atoms with E-state index in [1.807, 2.05) is 30.7 Å². The number of aryl methyl sites for hydroxylation is 4. The Balaban J connectivity index is 2.15. The number of carboxylic acids is 1. The zero-order valence-electron chi connectivity index (χ0n) is 15.8. The van der Waals surface area contributed by atoms with E-state index in [0.717, 1.165) is 40.7 Å². The molecule has 0 bridgehead atoms. The quantitative estimate of drug-likeness (QED) is 0.721. The van der Waals surface area contributed by atoms with Crippen LogP contribution in [0, 0.1) is 13.8 Å². The van der Waals surface area contributed by atoms with Gasteiger partial charge >= 0.3 is 5.97 Å². The summed E-state index contributed by atoms with van der Waals surface area (Å²) in [6.07, 6.45) is 0.989. The molecule has 5 nitrogen and oxygen atoms in total. The number of nitrogens with zero attached hydrogens (tertiary/aromatic N) is 3. The minimum atomic E-state index is -0.801. The van der Waals surface area contributed by atoms with Gasteiger partial charge in [0.05, 0.1) is 11.9 Å². The van der Waals surface area contributed by atoms with Crippen molar-refractivity contribution < 1.29 is 9.90 Å². The van der Waals surface area contributed by atoms with Gasteiger partial charge in [-0.15, -0.1) is 5.10 Å². The van der Waals surface area contributed by atoms with Gasteiger partial charge in [0.25, 0.3) is 0 Å². The van der Waals surface area contributed by atoms with Crippen molar-refractivity contribution in [3.63, 3.8) is 0 Å². The molecule has 0 fully saturated rings. The Labute approximate surface area is 153 Å². The molecule has 3 rings (SSSR count). The molecule has 1 heterocycles. The third kappa shape index (κ3) is 3.21. The van der Waals surface area contributed by atoms with E-state index in [9.17, 15) is 9.90 Å². The highest BCUT2D eigenvalue weighted by molar-refractivity contribution is 5.80. The number of hydrogen-bond acceptors (Lipinski definition) is 3. The number of benzene rings is 2. The summed E-state index contributed by atoms with van der Waals surface area (Å²) in [5.41, 5.74) is 7.39. The van der Waals surface area contributed by atoms with Crippen molar-refractivity contribution in [2.45, 2.75) is 53.0 Å². The summed E-state index contributed by atoms with van der Waals surface area (Å²) in [6.45, 7) is 9.01. The Bertz CT molecular complexity index is 959. The van der Waals surface area contributed by atoms with Crippen LogP contribution in [0.25, 0.3) is 11.0 Å². The molecule has 0 unspecified atom stereocenters. The molecule has 26 heavy (non-hydrogen) atoms. The molecule has 0 amide bonds. The third-order valence-electron chi connectivity index (χ3n) is 5.19. The Kier molecular flexibility index (Phi) is 5.07. The van der Waals surface area contributed by atoms with Crippen LogP contribution in [-0.4, -0.2) is 26.1 Å². The van der Waals surface area contributed by atoms with Gasteiger partial charge in [0, 0.05) is 12.5 Å². The number of fused-ring (bicyclic) bond motifs is 1. The lowest BCUT2D eigenvalue weighted by atomic mass is 9.84. The van der Waals surface area contributed by atoms with Crippen molar-refractivity contribution in [1.29, 1.82) is 0 Å². The number of aromatic nitrogens is 3. The fourth-order valence-electron chi connectivity index (χ4n) is 3.66. The highest BCUT2D eigenvalue weighted by atomic mass is 16.4. The van der Waals surface area contributed by atoms with Gasteiger partial charge in [0.15, 0.2) is 0 Å². The molecule has 0 radical (unpaired) electrons. The molecule has 0 aliphatic rings. The van der Waals surface area contributed by atoms with Crippen molar-refractivity contribution in [3.05, 3.63) is 58.1 Å². The van der Waals surface area contributed by atoms with Gasteiger partial charge in [-0.3, -0.25) is 4.79 Å². The average Bonchev–Trinajstić information content (AvgIpc) is 3.05. The summed E-state index contributed by atoms with van der Waals surface area (Å²) >= 11 is 0. The van der Waals surface area contributed by atoms with Gasteiger partial charge in [0.1, 0.15) is 5.52 Å². The number of carbonyl (C=O) groups is 1. The van der Waals surface area contributed by atoms with E-state index in [2.05, 4.69) is 42.4 Å². The minimum absolute atomic E-state index is 0.0560. The molecule has 1 aromatic heterocycles.